The maximum atomic E-state index is 13.1. The number of halogens is 1. The van der Waals surface area contributed by atoms with Crippen molar-refractivity contribution in [3.8, 4) is 5.75 Å². The zero-order valence-corrected chi connectivity index (χ0v) is 19.0. The zero-order valence-electron chi connectivity index (χ0n) is 17.4. The maximum Gasteiger partial charge on any atom is 0.301 e. The Morgan fingerprint density at radius 2 is 1.88 bits per heavy atom. The van der Waals surface area contributed by atoms with Gasteiger partial charge in [-0.2, -0.15) is 0 Å². The molecule has 3 aromatic rings. The van der Waals surface area contributed by atoms with E-state index in [9.17, 15) is 14.7 Å². The van der Waals surface area contributed by atoms with Gasteiger partial charge in [-0.15, -0.1) is 0 Å². The molecule has 1 saturated heterocycles. The van der Waals surface area contributed by atoms with E-state index >= 15 is 0 Å². The number of pyridine rings is 1. The summed E-state index contributed by atoms with van der Waals surface area (Å²) in [4.78, 5) is 31.8. The van der Waals surface area contributed by atoms with E-state index in [2.05, 4.69) is 20.9 Å². The molecular weight excluding hydrogens is 472 g/mol. The van der Waals surface area contributed by atoms with Gasteiger partial charge in [-0.05, 0) is 60.5 Å². The third kappa shape index (κ3) is 4.16. The van der Waals surface area contributed by atoms with Crippen LogP contribution in [0.25, 0.3) is 5.76 Å². The molecule has 1 fully saturated rings. The molecule has 0 spiro atoms. The topological polar surface area (TPSA) is 79.7 Å². The van der Waals surface area contributed by atoms with E-state index in [0.29, 0.717) is 29.3 Å². The predicted octanol–water partition coefficient (Wildman–Crippen LogP) is 5.26. The number of amides is 1. The van der Waals surface area contributed by atoms with E-state index in [1.165, 1.54) is 4.90 Å². The Morgan fingerprint density at radius 1 is 1.09 bits per heavy atom. The predicted molar refractivity (Wildman–Crippen MR) is 125 cm³/mol. The van der Waals surface area contributed by atoms with Crippen molar-refractivity contribution in [2.24, 2.45) is 0 Å². The van der Waals surface area contributed by atoms with Crippen LogP contribution in [0.4, 0.5) is 5.82 Å². The summed E-state index contributed by atoms with van der Waals surface area (Å²) in [6.07, 6.45) is 2.44. The van der Waals surface area contributed by atoms with Crippen molar-refractivity contribution in [1.29, 1.82) is 0 Å². The molecule has 1 amide bonds. The minimum absolute atomic E-state index is 0.0148. The van der Waals surface area contributed by atoms with Crippen LogP contribution in [0.1, 0.15) is 30.5 Å². The molecule has 0 radical (unpaired) electrons. The van der Waals surface area contributed by atoms with Gasteiger partial charge in [-0.1, -0.05) is 41.1 Å². The Balaban J connectivity index is 1.85. The molecule has 0 unspecified atom stereocenters. The minimum Gasteiger partial charge on any atom is -0.507 e. The normalized spacial score (nSPS) is 17.6. The molecule has 0 saturated carbocycles. The van der Waals surface area contributed by atoms with Crippen LogP contribution in [0.15, 0.2) is 83.0 Å². The molecule has 0 aliphatic carbocycles. The first-order valence-electron chi connectivity index (χ1n) is 10.2. The number of ketones is 1. The minimum atomic E-state index is -0.821. The second-order valence-corrected chi connectivity index (χ2v) is 8.20. The summed E-state index contributed by atoms with van der Waals surface area (Å²) < 4.78 is 6.38. The van der Waals surface area contributed by atoms with E-state index in [-0.39, 0.29) is 11.3 Å². The van der Waals surface area contributed by atoms with Gasteiger partial charge in [0.1, 0.15) is 17.3 Å². The van der Waals surface area contributed by atoms with E-state index in [1.54, 1.807) is 48.7 Å². The van der Waals surface area contributed by atoms with Gasteiger partial charge in [0, 0.05) is 16.2 Å². The summed E-state index contributed by atoms with van der Waals surface area (Å²) in [6.45, 7) is 2.60. The number of ether oxygens (including phenoxy) is 1. The van der Waals surface area contributed by atoms with Gasteiger partial charge in [0.15, 0.2) is 0 Å². The first-order chi connectivity index (χ1) is 15.5. The molecule has 162 valence electrons. The lowest BCUT2D eigenvalue weighted by Gasteiger charge is -2.24. The van der Waals surface area contributed by atoms with Gasteiger partial charge < -0.3 is 9.84 Å². The first-order valence-corrected chi connectivity index (χ1v) is 11.0. The molecule has 2 heterocycles. The molecule has 1 atom stereocenters. The fraction of sp³-hybridized carbons (Fsp3) is 0.160. The van der Waals surface area contributed by atoms with Gasteiger partial charge in [0.2, 0.25) is 0 Å². The first kappa shape index (κ1) is 21.8. The summed E-state index contributed by atoms with van der Waals surface area (Å²) >= 11 is 3.45. The van der Waals surface area contributed by atoms with Crippen LogP contribution in [-0.2, 0) is 9.59 Å². The Kier molecular flexibility index (Phi) is 6.37. The molecule has 4 rings (SSSR count). The third-order valence-electron chi connectivity index (χ3n) is 5.11. The second kappa shape index (κ2) is 9.36. The highest BCUT2D eigenvalue weighted by atomic mass is 79.9. The average Bonchev–Trinajstić information content (AvgIpc) is 3.08. The number of hydrogen-bond acceptors (Lipinski definition) is 5. The monoisotopic (exact) mass is 492 g/mol. The smallest absolute Gasteiger partial charge is 0.301 e. The molecule has 6 nitrogen and oxygen atoms in total. The number of aromatic nitrogens is 1. The molecule has 1 aliphatic heterocycles. The van der Waals surface area contributed by atoms with E-state index < -0.39 is 17.7 Å². The van der Waals surface area contributed by atoms with Crippen LogP contribution in [-0.4, -0.2) is 28.4 Å². The van der Waals surface area contributed by atoms with Crippen LogP contribution in [0.3, 0.4) is 0 Å². The van der Waals surface area contributed by atoms with Crippen LogP contribution >= 0.6 is 15.9 Å². The standard InChI is InChI=1S/C25H21BrN2O4/c1-2-14-32-19-11-9-16(10-12-19)23(29)21-22(17-6-5-7-18(26)15-17)28(25(31)24(21)30)20-8-3-4-13-27-20/h3-13,15,22,29H,2,14H2,1H3/b23-21+/t22-/m0/s1. The third-order valence-corrected chi connectivity index (χ3v) is 5.60. The lowest BCUT2D eigenvalue weighted by molar-refractivity contribution is -0.132. The van der Waals surface area contributed by atoms with E-state index in [1.807, 2.05) is 31.2 Å². The largest absolute Gasteiger partial charge is 0.507 e. The zero-order chi connectivity index (χ0) is 22.7. The van der Waals surface area contributed by atoms with Gasteiger partial charge in [-0.25, -0.2) is 4.98 Å². The number of carbonyl (C=O) groups is 2. The van der Waals surface area contributed by atoms with Crippen LogP contribution in [0, 0.1) is 0 Å². The van der Waals surface area contributed by atoms with Crippen molar-refractivity contribution in [3.63, 3.8) is 0 Å². The lowest BCUT2D eigenvalue weighted by Crippen LogP contribution is -2.30. The molecule has 1 N–H and O–H groups in total. The van der Waals surface area contributed by atoms with E-state index in [4.69, 9.17) is 4.74 Å². The molecule has 2 aromatic carbocycles. The van der Waals surface area contributed by atoms with E-state index in [0.717, 1.165) is 10.9 Å². The fourth-order valence-corrected chi connectivity index (χ4v) is 4.06. The molecule has 1 aromatic heterocycles. The van der Waals surface area contributed by atoms with Crippen molar-refractivity contribution < 1.29 is 19.4 Å². The maximum absolute atomic E-state index is 13.1. The Bertz CT molecular complexity index is 1180. The average molecular weight is 493 g/mol. The Hall–Kier alpha value is -3.45. The fourth-order valence-electron chi connectivity index (χ4n) is 3.64. The van der Waals surface area contributed by atoms with Crippen molar-refractivity contribution >= 4 is 39.2 Å². The number of aliphatic hydroxyl groups excluding tert-OH is 1. The highest BCUT2D eigenvalue weighted by Gasteiger charge is 2.47. The molecule has 32 heavy (non-hydrogen) atoms. The number of anilines is 1. The van der Waals surface area contributed by atoms with Gasteiger partial charge in [-0.3, -0.25) is 14.5 Å². The summed E-state index contributed by atoms with van der Waals surface area (Å²) in [5.74, 6) is -0.737. The highest BCUT2D eigenvalue weighted by molar-refractivity contribution is 9.10. The van der Waals surface area contributed by atoms with Gasteiger partial charge in [0.25, 0.3) is 5.78 Å². The number of hydrogen-bond donors (Lipinski definition) is 1. The summed E-state index contributed by atoms with van der Waals surface area (Å²) in [5.41, 5.74) is 1.11. The molecule has 1 aliphatic rings. The summed E-state index contributed by atoms with van der Waals surface area (Å²) in [6, 6.07) is 18.4. The number of benzene rings is 2. The van der Waals surface area contributed by atoms with Crippen LogP contribution < -0.4 is 9.64 Å². The summed E-state index contributed by atoms with van der Waals surface area (Å²) in [5, 5.41) is 11.1. The second-order valence-electron chi connectivity index (χ2n) is 7.28. The van der Waals surface area contributed by atoms with Crippen LogP contribution in [0.5, 0.6) is 5.75 Å². The Labute approximate surface area is 194 Å². The number of aliphatic hydroxyl groups is 1. The van der Waals surface area contributed by atoms with Crippen molar-refractivity contribution in [2.75, 3.05) is 11.5 Å². The summed E-state index contributed by atoms with van der Waals surface area (Å²) in [7, 11) is 0. The Morgan fingerprint density at radius 3 is 2.53 bits per heavy atom. The van der Waals surface area contributed by atoms with Crippen molar-refractivity contribution in [1.82, 2.24) is 4.98 Å². The molecular formula is C25H21BrN2O4. The number of rotatable bonds is 6. The number of Topliss-reactive ketones (excluding diaryl/α,β-unsaturated/α-hetero) is 1. The van der Waals surface area contributed by atoms with Crippen molar-refractivity contribution in [3.05, 3.63) is 94.1 Å². The lowest BCUT2D eigenvalue weighted by atomic mass is 9.95. The van der Waals surface area contributed by atoms with Gasteiger partial charge >= 0.3 is 5.91 Å². The quantitative estimate of drug-likeness (QED) is 0.288. The van der Waals surface area contributed by atoms with Crippen LogP contribution in [0.2, 0.25) is 0 Å². The number of nitrogens with zero attached hydrogens (tertiary/aromatic N) is 2. The SMILES string of the molecule is CCCOc1ccc(/C(O)=C2\C(=O)C(=O)N(c3ccccn3)[C@H]2c2cccc(Br)c2)cc1. The van der Waals surface area contributed by atoms with Gasteiger partial charge in [0.05, 0.1) is 18.2 Å². The highest BCUT2D eigenvalue weighted by Crippen LogP contribution is 2.42. The molecule has 0 bridgehead atoms. The van der Waals surface area contributed by atoms with Crippen molar-refractivity contribution in [2.45, 2.75) is 19.4 Å². The number of carbonyl (C=O) groups excluding carboxylic acids is 2. The molecule has 7 heteroatoms.